The van der Waals surface area contributed by atoms with Gasteiger partial charge in [0.2, 0.25) is 0 Å². The summed E-state index contributed by atoms with van der Waals surface area (Å²) in [5.74, 6) is -0.245. The SMILES string of the molecule is Cc1oc2ccn(Cc3cccc(F)c3)c(=O)c2c1C(=O)N(C)Cc1ccccc1. The number of hydrogen-bond donors (Lipinski definition) is 0. The van der Waals surface area contributed by atoms with Gasteiger partial charge in [0.25, 0.3) is 11.5 Å². The number of nitrogens with zero attached hydrogens (tertiary/aromatic N) is 2. The fourth-order valence-electron chi connectivity index (χ4n) is 3.60. The molecule has 0 bridgehead atoms. The van der Waals surface area contributed by atoms with Crippen molar-refractivity contribution >= 4 is 16.9 Å². The van der Waals surface area contributed by atoms with Crippen LogP contribution < -0.4 is 5.56 Å². The second-order valence-electron chi connectivity index (χ2n) is 7.30. The molecule has 0 N–H and O–H groups in total. The summed E-state index contributed by atoms with van der Waals surface area (Å²) < 4.78 is 20.7. The number of rotatable bonds is 5. The molecule has 30 heavy (non-hydrogen) atoms. The number of aromatic nitrogens is 1. The Morgan fingerprint density at radius 1 is 1.07 bits per heavy atom. The van der Waals surface area contributed by atoms with Gasteiger partial charge >= 0.3 is 0 Å². The van der Waals surface area contributed by atoms with Gasteiger partial charge in [-0.3, -0.25) is 9.59 Å². The highest BCUT2D eigenvalue weighted by Gasteiger charge is 2.24. The molecule has 0 unspecified atom stereocenters. The topological polar surface area (TPSA) is 55.5 Å². The van der Waals surface area contributed by atoms with Gasteiger partial charge in [0.1, 0.15) is 17.2 Å². The number of halogens is 1. The van der Waals surface area contributed by atoms with Crippen LogP contribution in [0.1, 0.15) is 27.2 Å². The zero-order chi connectivity index (χ0) is 21.3. The maximum absolute atomic E-state index is 13.5. The van der Waals surface area contributed by atoms with Gasteiger partial charge in [-0.05, 0) is 36.2 Å². The number of furan rings is 1. The minimum absolute atomic E-state index is 0.199. The second-order valence-corrected chi connectivity index (χ2v) is 7.30. The van der Waals surface area contributed by atoms with E-state index in [0.717, 1.165) is 5.56 Å². The minimum atomic E-state index is -0.362. The van der Waals surface area contributed by atoms with E-state index < -0.39 is 0 Å². The van der Waals surface area contributed by atoms with Crippen LogP contribution >= 0.6 is 0 Å². The number of hydrogen-bond acceptors (Lipinski definition) is 3. The molecular formula is C24H21FN2O3. The number of aryl methyl sites for hydroxylation is 1. The third kappa shape index (κ3) is 3.76. The average molecular weight is 404 g/mol. The van der Waals surface area contributed by atoms with E-state index in [-0.39, 0.29) is 34.8 Å². The molecule has 0 aliphatic rings. The zero-order valence-corrected chi connectivity index (χ0v) is 16.8. The van der Waals surface area contributed by atoms with Crippen molar-refractivity contribution in [1.29, 1.82) is 0 Å². The summed E-state index contributed by atoms with van der Waals surface area (Å²) in [6.07, 6.45) is 1.60. The molecule has 152 valence electrons. The van der Waals surface area contributed by atoms with Crippen LogP contribution in [0.15, 0.2) is 76.1 Å². The van der Waals surface area contributed by atoms with Crippen molar-refractivity contribution in [2.45, 2.75) is 20.0 Å². The van der Waals surface area contributed by atoms with Gasteiger partial charge in [-0.2, -0.15) is 0 Å². The number of carbonyl (C=O) groups excluding carboxylic acids is 1. The van der Waals surface area contributed by atoms with E-state index in [1.54, 1.807) is 43.3 Å². The van der Waals surface area contributed by atoms with Crippen LogP contribution in [0.2, 0.25) is 0 Å². The number of carbonyl (C=O) groups is 1. The standard InChI is InChI=1S/C24H21FN2O3/c1-16-21(23(28)26(2)14-17-7-4-3-5-8-17)22-20(30-16)11-12-27(24(22)29)15-18-9-6-10-19(25)13-18/h3-13H,14-15H2,1-2H3. The number of fused-ring (bicyclic) bond motifs is 1. The monoisotopic (exact) mass is 404 g/mol. The van der Waals surface area contributed by atoms with E-state index in [2.05, 4.69) is 0 Å². The highest BCUT2D eigenvalue weighted by atomic mass is 19.1. The fraction of sp³-hybridized carbons (Fsp3) is 0.167. The molecule has 4 aromatic rings. The summed E-state index contributed by atoms with van der Waals surface area (Å²) in [7, 11) is 1.70. The maximum atomic E-state index is 13.5. The summed E-state index contributed by atoms with van der Waals surface area (Å²) in [5, 5.41) is 0.247. The van der Waals surface area contributed by atoms with Gasteiger partial charge in [0.05, 0.1) is 17.5 Å². The third-order valence-electron chi connectivity index (χ3n) is 5.06. The van der Waals surface area contributed by atoms with Crippen LogP contribution in [0.25, 0.3) is 11.0 Å². The minimum Gasteiger partial charge on any atom is -0.460 e. The van der Waals surface area contributed by atoms with Gasteiger partial charge in [-0.25, -0.2) is 4.39 Å². The van der Waals surface area contributed by atoms with E-state index >= 15 is 0 Å². The summed E-state index contributed by atoms with van der Waals surface area (Å²) in [6, 6.07) is 17.4. The molecular weight excluding hydrogens is 383 g/mol. The van der Waals surface area contributed by atoms with Gasteiger partial charge < -0.3 is 13.9 Å². The first-order chi connectivity index (χ1) is 14.4. The molecule has 2 aromatic heterocycles. The van der Waals surface area contributed by atoms with Crippen molar-refractivity contribution < 1.29 is 13.6 Å². The second kappa shape index (κ2) is 7.99. The van der Waals surface area contributed by atoms with Crippen LogP contribution in [-0.2, 0) is 13.1 Å². The van der Waals surface area contributed by atoms with Crippen LogP contribution in [0.4, 0.5) is 4.39 Å². The first kappa shape index (κ1) is 19.6. The van der Waals surface area contributed by atoms with Gasteiger partial charge in [0, 0.05) is 19.8 Å². The molecule has 1 amide bonds. The summed E-state index contributed by atoms with van der Waals surface area (Å²) in [5.41, 5.74) is 1.93. The molecule has 2 aromatic carbocycles. The number of amides is 1. The highest BCUT2D eigenvalue weighted by Crippen LogP contribution is 2.24. The summed E-state index contributed by atoms with van der Waals surface area (Å²) in [6.45, 7) is 2.29. The average Bonchev–Trinajstić information content (AvgIpc) is 3.07. The van der Waals surface area contributed by atoms with Gasteiger partial charge in [0.15, 0.2) is 0 Å². The molecule has 2 heterocycles. The van der Waals surface area contributed by atoms with Crippen molar-refractivity contribution in [3.05, 3.63) is 105 Å². The molecule has 6 heteroatoms. The summed E-state index contributed by atoms with van der Waals surface area (Å²) in [4.78, 5) is 27.9. The lowest BCUT2D eigenvalue weighted by Gasteiger charge is -2.17. The molecule has 4 rings (SSSR count). The molecule has 0 aliphatic heterocycles. The van der Waals surface area contributed by atoms with Crippen molar-refractivity contribution in [2.75, 3.05) is 7.05 Å². The first-order valence-corrected chi connectivity index (χ1v) is 9.60. The van der Waals surface area contributed by atoms with Crippen LogP contribution in [0, 0.1) is 12.7 Å². The summed E-state index contributed by atoms with van der Waals surface area (Å²) >= 11 is 0. The Hall–Kier alpha value is -3.67. The first-order valence-electron chi connectivity index (χ1n) is 9.60. The predicted octanol–water partition coefficient (Wildman–Crippen LogP) is 4.36. The zero-order valence-electron chi connectivity index (χ0n) is 16.8. The van der Waals surface area contributed by atoms with E-state index in [9.17, 15) is 14.0 Å². The predicted molar refractivity (Wildman–Crippen MR) is 113 cm³/mol. The maximum Gasteiger partial charge on any atom is 0.262 e. The van der Waals surface area contributed by atoms with E-state index in [1.807, 2.05) is 30.3 Å². The van der Waals surface area contributed by atoms with E-state index in [4.69, 9.17) is 4.42 Å². The van der Waals surface area contributed by atoms with Gasteiger partial charge in [-0.15, -0.1) is 0 Å². The van der Waals surface area contributed by atoms with Crippen molar-refractivity contribution in [2.24, 2.45) is 0 Å². The molecule has 5 nitrogen and oxygen atoms in total. The smallest absolute Gasteiger partial charge is 0.262 e. The lowest BCUT2D eigenvalue weighted by Crippen LogP contribution is -2.28. The molecule has 0 saturated carbocycles. The molecule has 0 fully saturated rings. The Bertz CT molecular complexity index is 1270. The fourth-order valence-corrected chi connectivity index (χ4v) is 3.60. The molecule has 0 radical (unpaired) electrons. The largest absolute Gasteiger partial charge is 0.460 e. The molecule has 0 saturated heterocycles. The molecule has 0 aliphatic carbocycles. The Balaban J connectivity index is 1.72. The van der Waals surface area contributed by atoms with E-state index in [0.29, 0.717) is 23.5 Å². The lowest BCUT2D eigenvalue weighted by molar-refractivity contribution is 0.0785. The third-order valence-corrected chi connectivity index (χ3v) is 5.06. The normalized spacial score (nSPS) is 11.0. The van der Waals surface area contributed by atoms with E-state index in [1.165, 1.54) is 16.7 Å². The Labute approximate surface area is 173 Å². The lowest BCUT2D eigenvalue weighted by atomic mass is 10.1. The van der Waals surface area contributed by atoms with Crippen LogP contribution in [0.5, 0.6) is 0 Å². The van der Waals surface area contributed by atoms with Crippen LogP contribution in [-0.4, -0.2) is 22.4 Å². The number of pyridine rings is 1. The number of benzene rings is 2. The Morgan fingerprint density at radius 2 is 1.80 bits per heavy atom. The molecule has 0 atom stereocenters. The molecule has 0 spiro atoms. The Kier molecular flexibility index (Phi) is 5.23. The highest BCUT2D eigenvalue weighted by molar-refractivity contribution is 6.06. The Morgan fingerprint density at radius 3 is 2.53 bits per heavy atom. The van der Waals surface area contributed by atoms with Crippen molar-refractivity contribution in [3.8, 4) is 0 Å². The van der Waals surface area contributed by atoms with Crippen molar-refractivity contribution in [1.82, 2.24) is 9.47 Å². The van der Waals surface area contributed by atoms with Gasteiger partial charge in [-0.1, -0.05) is 42.5 Å². The van der Waals surface area contributed by atoms with Crippen molar-refractivity contribution in [3.63, 3.8) is 0 Å². The quantitative estimate of drug-likeness (QED) is 0.497. The van der Waals surface area contributed by atoms with Crippen LogP contribution in [0.3, 0.4) is 0 Å².